The molecule has 1 rings (SSSR count). The summed E-state index contributed by atoms with van der Waals surface area (Å²) >= 11 is 0. The molecule has 4 nitrogen and oxygen atoms in total. The molecule has 0 aliphatic carbocycles. The van der Waals surface area contributed by atoms with Crippen LogP contribution in [-0.2, 0) is 4.79 Å². The molecule has 2 N–H and O–H groups in total. The van der Waals surface area contributed by atoms with Gasteiger partial charge in [0, 0.05) is 13.1 Å². The van der Waals surface area contributed by atoms with E-state index in [0.717, 1.165) is 19.4 Å². The summed E-state index contributed by atoms with van der Waals surface area (Å²) in [6.07, 6.45) is 2.31. The Morgan fingerprint density at radius 1 is 1.38 bits per heavy atom. The third-order valence-electron chi connectivity index (χ3n) is 3.51. The average molecular weight is 228 g/mol. The van der Waals surface area contributed by atoms with Gasteiger partial charge in [-0.15, -0.1) is 0 Å². The lowest BCUT2D eigenvalue weighted by Crippen LogP contribution is -2.53. The topological polar surface area (TPSA) is 52.6 Å². The van der Waals surface area contributed by atoms with E-state index >= 15 is 0 Å². The number of amides is 1. The molecule has 1 aliphatic rings. The molecule has 1 saturated heterocycles. The lowest BCUT2D eigenvalue weighted by Gasteiger charge is -2.31. The summed E-state index contributed by atoms with van der Waals surface area (Å²) in [5.41, 5.74) is -1.13. The molecule has 0 aromatic heterocycles. The number of aliphatic hydroxyl groups is 1. The van der Waals surface area contributed by atoms with E-state index in [4.69, 9.17) is 0 Å². The van der Waals surface area contributed by atoms with E-state index < -0.39 is 11.1 Å². The van der Waals surface area contributed by atoms with E-state index in [0.29, 0.717) is 13.0 Å². The van der Waals surface area contributed by atoms with Gasteiger partial charge in [-0.1, -0.05) is 0 Å². The van der Waals surface area contributed by atoms with Crippen LogP contribution in [0.3, 0.4) is 0 Å². The van der Waals surface area contributed by atoms with Gasteiger partial charge >= 0.3 is 0 Å². The number of likely N-dealkylation sites (N-methyl/N-ethyl adjacent to an activating group) is 1. The van der Waals surface area contributed by atoms with Crippen molar-refractivity contribution in [2.24, 2.45) is 0 Å². The number of hydrogen-bond donors (Lipinski definition) is 2. The smallest absolute Gasteiger partial charge is 0.242 e. The van der Waals surface area contributed by atoms with Crippen LogP contribution in [0.5, 0.6) is 0 Å². The molecule has 1 fully saturated rings. The van der Waals surface area contributed by atoms with E-state index in [1.807, 2.05) is 25.7 Å². The summed E-state index contributed by atoms with van der Waals surface area (Å²) in [7, 11) is 1.80. The number of nitrogens with one attached hydrogen (secondary N) is 1. The molecular formula is C12H24N2O2. The molecule has 0 saturated carbocycles. The first-order valence-corrected chi connectivity index (χ1v) is 5.99. The largest absolute Gasteiger partial charge is 0.390 e. The highest BCUT2D eigenvalue weighted by atomic mass is 16.3. The van der Waals surface area contributed by atoms with Crippen molar-refractivity contribution < 1.29 is 9.90 Å². The maximum absolute atomic E-state index is 12.2. The average Bonchev–Trinajstić information content (AvgIpc) is 2.38. The summed E-state index contributed by atoms with van der Waals surface area (Å²) in [4.78, 5) is 14.1. The van der Waals surface area contributed by atoms with Gasteiger partial charge in [-0.2, -0.15) is 0 Å². The molecule has 0 bridgehead atoms. The van der Waals surface area contributed by atoms with Crippen LogP contribution in [0.15, 0.2) is 0 Å². The minimum Gasteiger partial charge on any atom is -0.390 e. The van der Waals surface area contributed by atoms with E-state index in [1.54, 1.807) is 7.05 Å². The second-order valence-electron chi connectivity index (χ2n) is 5.52. The molecule has 0 radical (unpaired) electrons. The lowest BCUT2D eigenvalue weighted by atomic mass is 9.98. The number of carbonyl (C=O) groups excluding carboxylic acids is 1. The van der Waals surface area contributed by atoms with Crippen molar-refractivity contribution in [1.29, 1.82) is 0 Å². The van der Waals surface area contributed by atoms with Gasteiger partial charge in [0.1, 0.15) is 0 Å². The Bertz CT molecular complexity index is 262. The van der Waals surface area contributed by atoms with Gasteiger partial charge in [-0.05, 0) is 47.1 Å². The van der Waals surface area contributed by atoms with Crippen LogP contribution in [0.4, 0.5) is 0 Å². The summed E-state index contributed by atoms with van der Waals surface area (Å²) in [5, 5.41) is 13.0. The fourth-order valence-corrected chi connectivity index (χ4v) is 1.97. The van der Waals surface area contributed by atoms with Gasteiger partial charge in [0.25, 0.3) is 0 Å². The van der Waals surface area contributed by atoms with Crippen LogP contribution in [-0.4, -0.2) is 47.2 Å². The molecule has 0 aromatic carbocycles. The SMILES string of the molecule is CNC(C)(C)C(=O)N1CCCC(C)(O)CC1. The van der Waals surface area contributed by atoms with Gasteiger partial charge in [-0.25, -0.2) is 0 Å². The number of carbonyl (C=O) groups is 1. The van der Waals surface area contributed by atoms with Crippen LogP contribution in [0.1, 0.15) is 40.0 Å². The third kappa shape index (κ3) is 3.19. The fraction of sp³-hybridized carbons (Fsp3) is 0.917. The van der Waals surface area contributed by atoms with Gasteiger partial charge in [-0.3, -0.25) is 4.79 Å². The maximum atomic E-state index is 12.2. The second-order valence-corrected chi connectivity index (χ2v) is 5.52. The first kappa shape index (κ1) is 13.5. The zero-order valence-corrected chi connectivity index (χ0v) is 10.8. The molecule has 0 spiro atoms. The highest BCUT2D eigenvalue weighted by Crippen LogP contribution is 2.22. The second kappa shape index (κ2) is 4.72. The van der Waals surface area contributed by atoms with Gasteiger partial charge < -0.3 is 15.3 Å². The Morgan fingerprint density at radius 3 is 2.56 bits per heavy atom. The van der Waals surface area contributed by atoms with Crippen molar-refractivity contribution in [3.63, 3.8) is 0 Å². The Balaban J connectivity index is 2.65. The quantitative estimate of drug-likeness (QED) is 0.733. The van der Waals surface area contributed by atoms with Gasteiger partial charge in [0.15, 0.2) is 0 Å². The minimum atomic E-state index is -0.612. The third-order valence-corrected chi connectivity index (χ3v) is 3.51. The van der Waals surface area contributed by atoms with Crippen molar-refractivity contribution in [3.8, 4) is 0 Å². The standard InChI is InChI=1S/C12H24N2O2/c1-11(2,13-4)10(15)14-8-5-6-12(3,16)7-9-14/h13,16H,5-9H2,1-4H3. The summed E-state index contributed by atoms with van der Waals surface area (Å²) < 4.78 is 0. The zero-order chi connectivity index (χ0) is 12.4. The van der Waals surface area contributed by atoms with E-state index in [2.05, 4.69) is 5.32 Å². The summed E-state index contributed by atoms with van der Waals surface area (Å²) in [6, 6.07) is 0. The van der Waals surface area contributed by atoms with Crippen molar-refractivity contribution in [3.05, 3.63) is 0 Å². The predicted molar refractivity (Wildman–Crippen MR) is 64.2 cm³/mol. The molecule has 1 unspecified atom stereocenters. The highest BCUT2D eigenvalue weighted by Gasteiger charge is 2.33. The summed E-state index contributed by atoms with van der Waals surface area (Å²) in [6.45, 7) is 7.03. The molecular weight excluding hydrogens is 204 g/mol. The normalized spacial score (nSPS) is 27.7. The van der Waals surface area contributed by atoms with Crippen molar-refractivity contribution >= 4 is 5.91 Å². The molecule has 94 valence electrons. The molecule has 1 heterocycles. The molecule has 4 heteroatoms. The lowest BCUT2D eigenvalue weighted by molar-refractivity contribution is -0.137. The van der Waals surface area contributed by atoms with Crippen LogP contribution in [0.25, 0.3) is 0 Å². The van der Waals surface area contributed by atoms with Crippen molar-refractivity contribution in [1.82, 2.24) is 10.2 Å². The minimum absolute atomic E-state index is 0.118. The van der Waals surface area contributed by atoms with Gasteiger partial charge in [0.2, 0.25) is 5.91 Å². The van der Waals surface area contributed by atoms with Crippen molar-refractivity contribution in [2.75, 3.05) is 20.1 Å². The first-order chi connectivity index (χ1) is 7.28. The monoisotopic (exact) mass is 228 g/mol. The Kier molecular flexibility index (Phi) is 3.97. The number of hydrogen-bond acceptors (Lipinski definition) is 3. The van der Waals surface area contributed by atoms with Crippen LogP contribution < -0.4 is 5.32 Å². The summed E-state index contributed by atoms with van der Waals surface area (Å²) in [5.74, 6) is 0.118. The van der Waals surface area contributed by atoms with Gasteiger partial charge in [0.05, 0.1) is 11.1 Å². The Morgan fingerprint density at radius 2 is 2.00 bits per heavy atom. The fourth-order valence-electron chi connectivity index (χ4n) is 1.97. The number of rotatable bonds is 2. The Labute approximate surface area is 98.0 Å². The van der Waals surface area contributed by atoms with Crippen LogP contribution in [0, 0.1) is 0 Å². The molecule has 1 aliphatic heterocycles. The zero-order valence-electron chi connectivity index (χ0n) is 10.8. The first-order valence-electron chi connectivity index (χ1n) is 5.99. The molecule has 1 atom stereocenters. The van der Waals surface area contributed by atoms with Crippen molar-refractivity contribution in [2.45, 2.75) is 51.2 Å². The van der Waals surface area contributed by atoms with Crippen LogP contribution >= 0.6 is 0 Å². The number of nitrogens with zero attached hydrogens (tertiary/aromatic N) is 1. The predicted octanol–water partition coefficient (Wildman–Crippen LogP) is 0.748. The van der Waals surface area contributed by atoms with E-state index in [1.165, 1.54) is 0 Å². The van der Waals surface area contributed by atoms with E-state index in [-0.39, 0.29) is 5.91 Å². The van der Waals surface area contributed by atoms with Crippen LogP contribution in [0.2, 0.25) is 0 Å². The molecule has 16 heavy (non-hydrogen) atoms. The van der Waals surface area contributed by atoms with E-state index in [9.17, 15) is 9.90 Å². The maximum Gasteiger partial charge on any atom is 0.242 e. The highest BCUT2D eigenvalue weighted by molar-refractivity contribution is 5.85. The Hall–Kier alpha value is -0.610. The molecule has 1 amide bonds. The molecule has 0 aromatic rings. The number of likely N-dealkylation sites (tertiary alicyclic amines) is 1.